The summed E-state index contributed by atoms with van der Waals surface area (Å²) in [6.07, 6.45) is 0. The van der Waals surface area contributed by atoms with E-state index in [0.717, 1.165) is 44.8 Å². The second kappa shape index (κ2) is 15.0. The SMILES string of the molecule is CC1(c2ccccc2)c2ccccc2-c2cc(-c3cc(-c4cc(-c5cccc(-c6ccccc6)c5)cc(-c5cccc6c5sc5ccccc56)c4)nc(-c4ccccc4)n3)ccc21. The first-order valence-corrected chi connectivity index (χ1v) is 22.4. The largest absolute Gasteiger partial charge is 0.228 e. The van der Waals surface area contributed by atoms with Gasteiger partial charge in [-0.05, 0) is 111 Å². The molecule has 0 fully saturated rings. The number of hydrogen-bond acceptors (Lipinski definition) is 3. The van der Waals surface area contributed by atoms with Crippen LogP contribution >= 0.6 is 11.3 Å². The molecule has 1 aliphatic rings. The molecular formula is C60H40N2S. The van der Waals surface area contributed by atoms with Crippen LogP contribution in [0.3, 0.4) is 0 Å². The number of hydrogen-bond donors (Lipinski definition) is 0. The summed E-state index contributed by atoms with van der Waals surface area (Å²) in [5.41, 5.74) is 18.0. The third-order valence-corrected chi connectivity index (χ3v) is 14.2. The first kappa shape index (κ1) is 37.1. The Kier molecular flexibility index (Phi) is 8.84. The van der Waals surface area contributed by atoms with Gasteiger partial charge in [0.1, 0.15) is 0 Å². The topological polar surface area (TPSA) is 25.8 Å². The minimum Gasteiger partial charge on any atom is -0.228 e. The average Bonchev–Trinajstić information content (AvgIpc) is 3.87. The molecule has 1 aliphatic carbocycles. The van der Waals surface area contributed by atoms with Crippen LogP contribution in [-0.2, 0) is 5.41 Å². The minimum atomic E-state index is -0.274. The van der Waals surface area contributed by atoms with Crippen LogP contribution in [-0.4, -0.2) is 9.97 Å². The Hall–Kier alpha value is -7.72. The lowest BCUT2D eigenvalue weighted by Gasteiger charge is -2.28. The maximum absolute atomic E-state index is 5.39. The van der Waals surface area contributed by atoms with Gasteiger partial charge in [-0.1, -0.05) is 182 Å². The lowest BCUT2D eigenvalue weighted by atomic mass is 9.74. The molecular weight excluding hydrogens is 781 g/mol. The number of rotatable bonds is 7. The molecule has 296 valence electrons. The van der Waals surface area contributed by atoms with Crippen molar-refractivity contribution in [2.24, 2.45) is 0 Å². The number of thiophene rings is 1. The minimum absolute atomic E-state index is 0.274. The van der Waals surface area contributed by atoms with Gasteiger partial charge in [-0.2, -0.15) is 0 Å². The Balaban J connectivity index is 1.07. The van der Waals surface area contributed by atoms with Crippen LogP contribution in [0.2, 0.25) is 0 Å². The van der Waals surface area contributed by atoms with Crippen molar-refractivity contribution in [1.29, 1.82) is 0 Å². The van der Waals surface area contributed by atoms with Gasteiger partial charge in [-0.15, -0.1) is 11.3 Å². The number of fused-ring (bicyclic) bond motifs is 6. The van der Waals surface area contributed by atoms with E-state index >= 15 is 0 Å². The van der Waals surface area contributed by atoms with Crippen molar-refractivity contribution >= 4 is 31.5 Å². The van der Waals surface area contributed by atoms with Crippen molar-refractivity contribution in [3.63, 3.8) is 0 Å². The fraction of sp³-hybridized carbons (Fsp3) is 0.0333. The van der Waals surface area contributed by atoms with Crippen LogP contribution in [0.25, 0.3) is 98.6 Å². The molecule has 2 heterocycles. The van der Waals surface area contributed by atoms with E-state index in [9.17, 15) is 0 Å². The quantitative estimate of drug-likeness (QED) is 0.160. The zero-order valence-corrected chi connectivity index (χ0v) is 35.5. The lowest BCUT2D eigenvalue weighted by molar-refractivity contribution is 0.714. The van der Waals surface area contributed by atoms with Crippen molar-refractivity contribution in [1.82, 2.24) is 9.97 Å². The molecule has 3 heteroatoms. The van der Waals surface area contributed by atoms with Crippen LogP contribution in [0.1, 0.15) is 23.6 Å². The van der Waals surface area contributed by atoms with Gasteiger partial charge >= 0.3 is 0 Å². The highest BCUT2D eigenvalue weighted by Gasteiger charge is 2.40. The molecule has 2 nitrogen and oxygen atoms in total. The Bertz CT molecular complexity index is 3520. The van der Waals surface area contributed by atoms with Crippen molar-refractivity contribution in [3.8, 4) is 78.4 Å². The number of nitrogens with zero attached hydrogens (tertiary/aromatic N) is 2. The second-order valence-electron chi connectivity index (χ2n) is 16.7. The molecule has 0 amide bonds. The van der Waals surface area contributed by atoms with E-state index in [1.165, 1.54) is 64.7 Å². The molecule has 0 N–H and O–H groups in total. The van der Waals surface area contributed by atoms with Gasteiger partial charge in [-0.25, -0.2) is 9.97 Å². The van der Waals surface area contributed by atoms with Gasteiger partial charge < -0.3 is 0 Å². The van der Waals surface area contributed by atoms with E-state index in [1.54, 1.807) is 0 Å². The summed E-state index contributed by atoms with van der Waals surface area (Å²) in [6.45, 7) is 2.36. The molecule has 0 spiro atoms. The summed E-state index contributed by atoms with van der Waals surface area (Å²) < 4.78 is 2.58. The van der Waals surface area contributed by atoms with Crippen LogP contribution in [0.4, 0.5) is 0 Å². The maximum Gasteiger partial charge on any atom is 0.160 e. The summed E-state index contributed by atoms with van der Waals surface area (Å²) >= 11 is 1.86. The summed E-state index contributed by atoms with van der Waals surface area (Å²) in [7, 11) is 0. The highest BCUT2D eigenvalue weighted by molar-refractivity contribution is 7.26. The van der Waals surface area contributed by atoms with E-state index in [2.05, 4.69) is 225 Å². The highest BCUT2D eigenvalue weighted by Crippen LogP contribution is 2.53. The number of benzene rings is 9. The normalized spacial score (nSPS) is 14.2. The highest BCUT2D eigenvalue weighted by atomic mass is 32.1. The van der Waals surface area contributed by atoms with Crippen molar-refractivity contribution < 1.29 is 0 Å². The van der Waals surface area contributed by atoms with E-state index in [4.69, 9.17) is 9.97 Å². The molecule has 2 aromatic heterocycles. The van der Waals surface area contributed by atoms with E-state index in [-0.39, 0.29) is 5.41 Å². The van der Waals surface area contributed by atoms with Gasteiger partial charge in [0.05, 0.1) is 11.4 Å². The zero-order chi connectivity index (χ0) is 41.9. The fourth-order valence-electron chi connectivity index (χ4n) is 9.78. The predicted octanol–water partition coefficient (Wildman–Crippen LogP) is 16.2. The van der Waals surface area contributed by atoms with Crippen molar-refractivity contribution in [2.45, 2.75) is 12.3 Å². The van der Waals surface area contributed by atoms with Gasteiger partial charge in [0.25, 0.3) is 0 Å². The molecule has 0 saturated carbocycles. The van der Waals surface area contributed by atoms with Crippen LogP contribution < -0.4 is 0 Å². The van der Waals surface area contributed by atoms with Crippen LogP contribution in [0.5, 0.6) is 0 Å². The van der Waals surface area contributed by atoms with Crippen molar-refractivity contribution in [2.75, 3.05) is 0 Å². The average molecular weight is 821 g/mol. The Labute approximate surface area is 371 Å². The van der Waals surface area contributed by atoms with Gasteiger partial charge in [0.2, 0.25) is 0 Å². The smallest absolute Gasteiger partial charge is 0.160 e. The molecule has 0 radical (unpaired) electrons. The van der Waals surface area contributed by atoms with E-state index in [0.29, 0.717) is 5.82 Å². The third-order valence-electron chi connectivity index (χ3n) is 13.0. The zero-order valence-electron chi connectivity index (χ0n) is 34.7. The predicted molar refractivity (Wildman–Crippen MR) is 265 cm³/mol. The summed E-state index contributed by atoms with van der Waals surface area (Å²) in [4.78, 5) is 10.7. The van der Waals surface area contributed by atoms with E-state index < -0.39 is 0 Å². The standard InChI is InChI=1S/C60H40N2S/c1-60(47-23-9-4-10-24-47)53-29-13-11-25-49(53)52-37-43(31-32-54(52)60)55-38-56(62-59(61-55)40-19-7-3-8-20-40)46-35-44(42-22-15-21-41(33-42)39-17-5-2-6-18-39)34-45(36-46)48-27-16-28-51-50-26-12-14-30-57(50)63-58(48)51/h2-38H,1H3. The summed E-state index contributed by atoms with van der Waals surface area (Å²) in [6, 6.07) is 81.3. The molecule has 11 aromatic rings. The lowest BCUT2D eigenvalue weighted by Crippen LogP contribution is -2.22. The first-order chi connectivity index (χ1) is 31.1. The fourth-order valence-corrected chi connectivity index (χ4v) is 11.0. The molecule has 1 atom stereocenters. The molecule has 0 bridgehead atoms. The van der Waals surface area contributed by atoms with Crippen molar-refractivity contribution in [3.05, 3.63) is 241 Å². The Morgan fingerprint density at radius 1 is 0.349 bits per heavy atom. The molecule has 63 heavy (non-hydrogen) atoms. The molecule has 9 aromatic carbocycles. The Morgan fingerprint density at radius 2 is 0.905 bits per heavy atom. The third kappa shape index (κ3) is 6.31. The molecule has 0 saturated heterocycles. The molecule has 1 unspecified atom stereocenters. The monoisotopic (exact) mass is 820 g/mol. The molecule has 12 rings (SSSR count). The molecule has 0 aliphatic heterocycles. The van der Waals surface area contributed by atoms with Gasteiger partial charge in [0, 0.05) is 42.3 Å². The summed E-state index contributed by atoms with van der Waals surface area (Å²) in [5, 5.41) is 2.57. The van der Waals surface area contributed by atoms with Gasteiger partial charge in [-0.3, -0.25) is 0 Å². The van der Waals surface area contributed by atoms with Crippen LogP contribution in [0.15, 0.2) is 224 Å². The number of aromatic nitrogens is 2. The second-order valence-corrected chi connectivity index (χ2v) is 17.7. The maximum atomic E-state index is 5.39. The summed E-state index contributed by atoms with van der Waals surface area (Å²) in [5.74, 6) is 0.697. The van der Waals surface area contributed by atoms with Gasteiger partial charge in [0.15, 0.2) is 5.82 Å². The first-order valence-electron chi connectivity index (χ1n) is 21.6. The van der Waals surface area contributed by atoms with Crippen LogP contribution in [0, 0.1) is 0 Å². The Morgan fingerprint density at radius 3 is 1.71 bits per heavy atom. The van der Waals surface area contributed by atoms with E-state index in [1.807, 2.05) is 17.4 Å².